The lowest BCUT2D eigenvalue weighted by molar-refractivity contribution is 0.0599. The van der Waals surface area contributed by atoms with E-state index in [9.17, 15) is 4.79 Å². The van der Waals surface area contributed by atoms with Crippen LogP contribution >= 0.6 is 11.3 Å². The quantitative estimate of drug-likeness (QED) is 0.579. The number of methoxy groups -OCH3 is 1. The Morgan fingerprint density at radius 1 is 1.30 bits per heavy atom. The second-order valence-corrected chi connectivity index (χ2v) is 7.44. The molecule has 1 unspecified atom stereocenters. The predicted octanol–water partition coefficient (Wildman–Crippen LogP) is 5.10. The van der Waals surface area contributed by atoms with E-state index < -0.39 is 0 Å². The fraction of sp³-hybridized carbons (Fsp3) is 0.273. The molecule has 0 aliphatic carbocycles. The van der Waals surface area contributed by atoms with E-state index in [0.29, 0.717) is 11.5 Å². The van der Waals surface area contributed by atoms with Gasteiger partial charge in [-0.15, -0.1) is 0 Å². The lowest BCUT2D eigenvalue weighted by Gasteiger charge is -2.26. The number of carbonyl (C=O) groups is 1. The normalized spacial score (nSPS) is 15.7. The van der Waals surface area contributed by atoms with Gasteiger partial charge in [-0.05, 0) is 76.4 Å². The Morgan fingerprint density at radius 3 is 3.04 bits per heavy atom. The number of thiophene rings is 1. The zero-order valence-electron chi connectivity index (χ0n) is 15.2. The van der Waals surface area contributed by atoms with Crippen LogP contribution in [0, 0.1) is 0 Å². The molecule has 1 atom stereocenters. The molecule has 0 amide bonds. The van der Waals surface area contributed by atoms with Crippen LogP contribution < -0.4 is 4.74 Å². The van der Waals surface area contributed by atoms with Crippen LogP contribution in [0.15, 0.2) is 53.5 Å². The summed E-state index contributed by atoms with van der Waals surface area (Å²) >= 11 is 1.70. The molecular formula is C22H21NO3S. The van der Waals surface area contributed by atoms with Crippen LogP contribution in [-0.2, 0) is 11.2 Å². The third-order valence-corrected chi connectivity index (χ3v) is 5.79. The number of aromatic nitrogens is 1. The van der Waals surface area contributed by atoms with Crippen LogP contribution in [0.2, 0.25) is 0 Å². The second kappa shape index (κ2) is 7.92. The Bertz CT molecular complexity index is 936. The van der Waals surface area contributed by atoms with Gasteiger partial charge >= 0.3 is 5.97 Å². The number of hydrogen-bond acceptors (Lipinski definition) is 5. The van der Waals surface area contributed by atoms with Gasteiger partial charge in [0.1, 0.15) is 5.75 Å². The smallest absolute Gasteiger partial charge is 0.338 e. The maximum atomic E-state index is 12.0. The highest BCUT2D eigenvalue weighted by atomic mass is 32.1. The van der Waals surface area contributed by atoms with E-state index in [1.807, 2.05) is 0 Å². The molecule has 5 heteroatoms. The fourth-order valence-corrected chi connectivity index (χ4v) is 4.30. The third kappa shape index (κ3) is 3.74. The number of aryl methyl sites for hydroxylation is 1. The first-order chi connectivity index (χ1) is 13.3. The first-order valence-corrected chi connectivity index (χ1v) is 10.0. The minimum absolute atomic E-state index is 0.305. The number of carbonyl (C=O) groups excluding carboxylic acids is 1. The molecule has 0 fully saturated rings. The van der Waals surface area contributed by atoms with Gasteiger partial charge in [0.15, 0.2) is 0 Å². The molecule has 138 valence electrons. The van der Waals surface area contributed by atoms with Crippen molar-refractivity contribution in [3.8, 4) is 16.9 Å². The van der Waals surface area contributed by atoms with Crippen molar-refractivity contribution in [2.75, 3.05) is 13.7 Å². The van der Waals surface area contributed by atoms with Gasteiger partial charge in [-0.25, -0.2) is 4.79 Å². The first kappa shape index (κ1) is 17.7. The maximum absolute atomic E-state index is 12.0. The lowest BCUT2D eigenvalue weighted by Crippen LogP contribution is -2.15. The van der Waals surface area contributed by atoms with Gasteiger partial charge in [0.2, 0.25) is 0 Å². The van der Waals surface area contributed by atoms with Gasteiger partial charge in [-0.2, -0.15) is 11.3 Å². The second-order valence-electron chi connectivity index (χ2n) is 6.66. The molecule has 1 aliphatic rings. The molecule has 1 aromatic carbocycles. The molecule has 0 N–H and O–H groups in total. The van der Waals surface area contributed by atoms with Gasteiger partial charge in [-0.1, -0.05) is 12.1 Å². The summed E-state index contributed by atoms with van der Waals surface area (Å²) in [6.45, 7) is 0.724. The van der Waals surface area contributed by atoms with Crippen LogP contribution in [0.5, 0.6) is 5.75 Å². The number of hydrogen-bond donors (Lipinski definition) is 0. The van der Waals surface area contributed by atoms with Crippen LogP contribution in [0.4, 0.5) is 0 Å². The minimum Gasteiger partial charge on any atom is -0.493 e. The van der Waals surface area contributed by atoms with Crippen molar-refractivity contribution < 1.29 is 14.3 Å². The molecule has 3 aromatic rings. The summed E-state index contributed by atoms with van der Waals surface area (Å²) in [4.78, 5) is 16.1. The number of ether oxygens (including phenoxy) is 2. The van der Waals surface area contributed by atoms with Gasteiger partial charge < -0.3 is 9.47 Å². The number of esters is 1. The largest absolute Gasteiger partial charge is 0.493 e. The molecule has 4 rings (SSSR count). The molecule has 0 saturated heterocycles. The summed E-state index contributed by atoms with van der Waals surface area (Å²) in [5, 5.41) is 4.24. The number of benzene rings is 1. The summed E-state index contributed by atoms with van der Waals surface area (Å²) in [5.41, 5.74) is 5.21. The Kier molecular flexibility index (Phi) is 5.21. The number of rotatable bonds is 5. The van der Waals surface area contributed by atoms with Crippen molar-refractivity contribution in [3.05, 3.63) is 70.2 Å². The fourth-order valence-electron chi connectivity index (χ4n) is 3.64. The SMILES string of the molecule is COC(=O)c1ccncc1CCC1CCOc2cc(-c3ccsc3)ccc21. The van der Waals surface area contributed by atoms with Crippen molar-refractivity contribution in [3.63, 3.8) is 0 Å². The van der Waals surface area contributed by atoms with Gasteiger partial charge in [0.05, 0.1) is 19.3 Å². The zero-order chi connectivity index (χ0) is 18.6. The number of nitrogens with zero attached hydrogens (tertiary/aromatic N) is 1. The summed E-state index contributed by atoms with van der Waals surface area (Å²) in [5.74, 6) is 1.09. The Hall–Kier alpha value is -2.66. The highest BCUT2D eigenvalue weighted by Gasteiger charge is 2.23. The average Bonchev–Trinajstić information content (AvgIpc) is 3.26. The summed E-state index contributed by atoms with van der Waals surface area (Å²) in [7, 11) is 1.41. The van der Waals surface area contributed by atoms with E-state index in [2.05, 4.69) is 40.0 Å². The summed E-state index contributed by atoms with van der Waals surface area (Å²) in [6.07, 6.45) is 6.12. The van der Waals surface area contributed by atoms with Gasteiger partial charge in [0.25, 0.3) is 0 Å². The van der Waals surface area contributed by atoms with Crippen molar-refractivity contribution in [2.45, 2.75) is 25.2 Å². The van der Waals surface area contributed by atoms with E-state index in [-0.39, 0.29) is 5.97 Å². The number of pyridine rings is 1. The molecule has 0 radical (unpaired) electrons. The van der Waals surface area contributed by atoms with E-state index in [1.54, 1.807) is 29.8 Å². The first-order valence-electron chi connectivity index (χ1n) is 9.07. The van der Waals surface area contributed by atoms with Crippen LogP contribution in [0.25, 0.3) is 11.1 Å². The number of fused-ring (bicyclic) bond motifs is 1. The molecular weight excluding hydrogens is 358 g/mol. The third-order valence-electron chi connectivity index (χ3n) is 5.10. The molecule has 27 heavy (non-hydrogen) atoms. The van der Waals surface area contributed by atoms with Crippen LogP contribution in [0.3, 0.4) is 0 Å². The van der Waals surface area contributed by atoms with Crippen molar-refractivity contribution in [1.82, 2.24) is 4.98 Å². The molecule has 0 bridgehead atoms. The molecule has 3 heterocycles. The van der Waals surface area contributed by atoms with E-state index in [1.165, 1.54) is 23.8 Å². The Balaban J connectivity index is 1.53. The van der Waals surface area contributed by atoms with Gasteiger partial charge in [0, 0.05) is 12.4 Å². The topological polar surface area (TPSA) is 48.4 Å². The van der Waals surface area contributed by atoms with Crippen LogP contribution in [0.1, 0.15) is 40.2 Å². The van der Waals surface area contributed by atoms with Gasteiger partial charge in [-0.3, -0.25) is 4.98 Å². The van der Waals surface area contributed by atoms with Crippen molar-refractivity contribution in [2.24, 2.45) is 0 Å². The maximum Gasteiger partial charge on any atom is 0.338 e. The standard InChI is InChI=1S/C22H21NO3S/c1-25-22(24)20-6-9-23-13-17(20)3-2-15-7-10-26-21-12-16(4-5-19(15)21)18-8-11-27-14-18/h4-6,8-9,11-15H,2-3,7,10H2,1H3. The monoisotopic (exact) mass is 379 g/mol. The van der Waals surface area contributed by atoms with Crippen LogP contribution in [-0.4, -0.2) is 24.7 Å². The predicted molar refractivity (Wildman–Crippen MR) is 107 cm³/mol. The molecule has 4 nitrogen and oxygen atoms in total. The average molecular weight is 379 g/mol. The summed E-state index contributed by atoms with van der Waals surface area (Å²) in [6, 6.07) is 10.4. The van der Waals surface area contributed by atoms with E-state index in [0.717, 1.165) is 37.2 Å². The molecule has 2 aromatic heterocycles. The van der Waals surface area contributed by atoms with Crippen molar-refractivity contribution in [1.29, 1.82) is 0 Å². The highest BCUT2D eigenvalue weighted by Crippen LogP contribution is 2.39. The van der Waals surface area contributed by atoms with E-state index in [4.69, 9.17) is 9.47 Å². The zero-order valence-corrected chi connectivity index (χ0v) is 16.0. The molecule has 1 aliphatic heterocycles. The minimum atomic E-state index is -0.305. The Morgan fingerprint density at radius 2 is 2.22 bits per heavy atom. The lowest BCUT2D eigenvalue weighted by atomic mass is 9.86. The highest BCUT2D eigenvalue weighted by molar-refractivity contribution is 7.08. The Labute approximate surface area is 162 Å². The van der Waals surface area contributed by atoms with Crippen molar-refractivity contribution >= 4 is 17.3 Å². The van der Waals surface area contributed by atoms with E-state index >= 15 is 0 Å². The molecule has 0 spiro atoms. The summed E-state index contributed by atoms with van der Waals surface area (Å²) < 4.78 is 10.8. The molecule has 0 saturated carbocycles.